The lowest BCUT2D eigenvalue weighted by molar-refractivity contribution is -0.121. The van der Waals surface area contributed by atoms with Crippen molar-refractivity contribution < 1.29 is 29.0 Å². The number of hydrogen-bond acceptors (Lipinski definition) is 8. The van der Waals surface area contributed by atoms with Gasteiger partial charge >= 0.3 is 11.9 Å². The number of thioether (sulfide) groups is 1. The number of nitrogens with zero attached hydrogens (tertiary/aromatic N) is 2. The Hall–Kier alpha value is -2.72. The molecule has 0 saturated carbocycles. The number of methoxy groups -OCH3 is 1. The summed E-state index contributed by atoms with van der Waals surface area (Å²) in [7, 11) is 1.28. The third-order valence-electron chi connectivity index (χ3n) is 5.45. The van der Waals surface area contributed by atoms with E-state index in [-0.39, 0.29) is 17.0 Å². The fourth-order valence-electron chi connectivity index (χ4n) is 3.90. The van der Waals surface area contributed by atoms with Crippen LogP contribution in [0.2, 0.25) is 0 Å². The van der Waals surface area contributed by atoms with Crippen LogP contribution < -0.4 is 4.90 Å². The van der Waals surface area contributed by atoms with Gasteiger partial charge in [-0.15, -0.1) is 11.3 Å². The highest BCUT2D eigenvalue weighted by atomic mass is 32.2. The zero-order valence-electron chi connectivity index (χ0n) is 16.9. The molecule has 0 unspecified atom stereocenters. The van der Waals surface area contributed by atoms with Crippen LogP contribution in [0.5, 0.6) is 0 Å². The molecular formula is C21H20N2O6S2. The molecule has 1 aliphatic heterocycles. The lowest BCUT2D eigenvalue weighted by Gasteiger charge is -2.18. The molecule has 2 aliphatic rings. The number of ether oxygens (including phenoxy) is 1. The summed E-state index contributed by atoms with van der Waals surface area (Å²) in [5.41, 5.74) is 1.13. The maximum absolute atomic E-state index is 13.2. The van der Waals surface area contributed by atoms with Gasteiger partial charge in [-0.1, -0.05) is 18.7 Å². The topological polar surface area (TPSA) is 114 Å². The maximum Gasteiger partial charge on any atom is 0.341 e. The molecule has 1 aliphatic carbocycles. The van der Waals surface area contributed by atoms with Crippen molar-refractivity contribution in [1.29, 1.82) is 0 Å². The molecule has 0 aromatic carbocycles. The van der Waals surface area contributed by atoms with Crippen molar-refractivity contribution in [3.63, 3.8) is 0 Å². The predicted octanol–water partition coefficient (Wildman–Crippen LogP) is 3.18. The van der Waals surface area contributed by atoms with E-state index < -0.39 is 29.0 Å². The lowest BCUT2D eigenvalue weighted by atomic mass is 9.88. The molecular weight excluding hydrogens is 440 g/mol. The van der Waals surface area contributed by atoms with Crippen LogP contribution in [0.25, 0.3) is 0 Å². The molecule has 1 fully saturated rings. The second-order valence-corrected chi connectivity index (χ2v) is 9.84. The van der Waals surface area contributed by atoms with Crippen LogP contribution in [0, 0.1) is 5.92 Å². The van der Waals surface area contributed by atoms with Gasteiger partial charge < -0.3 is 9.84 Å². The minimum atomic E-state index is -1.16. The summed E-state index contributed by atoms with van der Waals surface area (Å²) in [6, 6.07) is 2.90. The summed E-state index contributed by atoms with van der Waals surface area (Å²) in [5, 5.41) is 9.03. The standard InChI is InChI=1S/C21H20N2O6S2/c1-10-5-6-11-13(8-10)31-19(16(11)21(28)29-2)23-15(24)9-14(18(23)25)30-17-12(20(26)27)4-3-7-22-17/h3-4,7,10,14H,5-6,8-9H2,1-2H3,(H,26,27)/t10-,14-/m0/s1. The van der Waals surface area contributed by atoms with E-state index >= 15 is 0 Å². The summed E-state index contributed by atoms with van der Waals surface area (Å²) in [4.78, 5) is 56.2. The largest absolute Gasteiger partial charge is 0.478 e. The number of rotatable bonds is 5. The van der Waals surface area contributed by atoms with Gasteiger partial charge in [0.1, 0.15) is 10.0 Å². The van der Waals surface area contributed by atoms with E-state index in [1.165, 1.54) is 36.8 Å². The number of carboxylic acid groups (broad SMARTS) is 1. The van der Waals surface area contributed by atoms with Crippen molar-refractivity contribution in [2.45, 2.75) is 42.9 Å². The van der Waals surface area contributed by atoms with Crippen LogP contribution >= 0.6 is 23.1 Å². The summed E-state index contributed by atoms with van der Waals surface area (Å²) in [6.45, 7) is 2.13. The molecule has 31 heavy (non-hydrogen) atoms. The van der Waals surface area contributed by atoms with Crippen LogP contribution in [-0.4, -0.2) is 46.2 Å². The molecule has 4 rings (SSSR count). The van der Waals surface area contributed by atoms with Gasteiger partial charge in [-0.2, -0.15) is 0 Å². The van der Waals surface area contributed by atoms with Crippen molar-refractivity contribution in [3.8, 4) is 0 Å². The first-order valence-electron chi connectivity index (χ1n) is 9.76. The Morgan fingerprint density at radius 1 is 1.32 bits per heavy atom. The highest BCUT2D eigenvalue weighted by molar-refractivity contribution is 8.00. The summed E-state index contributed by atoms with van der Waals surface area (Å²) in [6.07, 6.45) is 3.75. The molecule has 2 aromatic heterocycles. The first-order valence-corrected chi connectivity index (χ1v) is 11.5. The Morgan fingerprint density at radius 2 is 2.10 bits per heavy atom. The Balaban J connectivity index is 1.69. The lowest BCUT2D eigenvalue weighted by Crippen LogP contribution is -2.32. The monoisotopic (exact) mass is 460 g/mol. The van der Waals surface area contributed by atoms with Crippen LogP contribution in [0.15, 0.2) is 23.4 Å². The van der Waals surface area contributed by atoms with Crippen LogP contribution in [0.4, 0.5) is 5.00 Å². The highest BCUT2D eigenvalue weighted by Gasteiger charge is 2.44. The van der Waals surface area contributed by atoms with Crippen LogP contribution in [0.1, 0.15) is 50.9 Å². The van der Waals surface area contributed by atoms with E-state index in [4.69, 9.17) is 4.74 Å². The Bertz CT molecular complexity index is 1100. The molecule has 2 aromatic rings. The number of carbonyl (C=O) groups excluding carboxylic acids is 3. The molecule has 0 spiro atoms. The van der Waals surface area contributed by atoms with Gasteiger partial charge in [-0.3, -0.25) is 9.59 Å². The summed E-state index contributed by atoms with van der Waals surface area (Å²) in [5.74, 6) is -2.16. The van der Waals surface area contributed by atoms with E-state index in [2.05, 4.69) is 11.9 Å². The van der Waals surface area contributed by atoms with E-state index in [0.717, 1.165) is 39.9 Å². The number of aromatic carboxylic acids is 1. The fourth-order valence-corrected chi connectivity index (χ4v) is 6.52. The normalized spacial score (nSPS) is 20.6. The van der Waals surface area contributed by atoms with Crippen molar-refractivity contribution in [2.24, 2.45) is 5.92 Å². The molecule has 0 radical (unpaired) electrons. The molecule has 1 N–H and O–H groups in total. The van der Waals surface area contributed by atoms with Gasteiger partial charge in [0, 0.05) is 17.5 Å². The molecule has 0 bridgehead atoms. The highest BCUT2D eigenvalue weighted by Crippen LogP contribution is 2.44. The number of aromatic nitrogens is 1. The molecule has 1 saturated heterocycles. The minimum Gasteiger partial charge on any atom is -0.478 e. The Kier molecular flexibility index (Phi) is 5.85. The van der Waals surface area contributed by atoms with Gasteiger partial charge in [0.15, 0.2) is 0 Å². The minimum absolute atomic E-state index is 0.0259. The SMILES string of the molecule is COC(=O)c1c(N2C(=O)C[C@H](Sc3ncccc3C(=O)O)C2=O)sc2c1CC[C@H](C)C2. The van der Waals surface area contributed by atoms with Gasteiger partial charge in [0.05, 0.1) is 23.5 Å². The predicted molar refractivity (Wildman–Crippen MR) is 115 cm³/mol. The third-order valence-corrected chi connectivity index (χ3v) is 7.89. The number of esters is 1. The number of amides is 2. The van der Waals surface area contributed by atoms with E-state index in [0.29, 0.717) is 22.9 Å². The second kappa shape index (κ2) is 8.43. The van der Waals surface area contributed by atoms with Crippen molar-refractivity contribution in [3.05, 3.63) is 39.9 Å². The average Bonchev–Trinajstić information content (AvgIpc) is 3.23. The van der Waals surface area contributed by atoms with Crippen molar-refractivity contribution >= 4 is 51.9 Å². The van der Waals surface area contributed by atoms with Crippen molar-refractivity contribution in [1.82, 2.24) is 4.98 Å². The first-order chi connectivity index (χ1) is 14.8. The Morgan fingerprint density at radius 3 is 2.81 bits per heavy atom. The van der Waals surface area contributed by atoms with E-state index in [9.17, 15) is 24.3 Å². The number of pyridine rings is 1. The number of thiophene rings is 1. The number of fused-ring (bicyclic) bond motifs is 1. The quantitative estimate of drug-likeness (QED) is 0.535. The molecule has 2 atom stereocenters. The number of carbonyl (C=O) groups is 4. The summed E-state index contributed by atoms with van der Waals surface area (Å²) < 4.78 is 4.96. The number of carboxylic acids is 1. The molecule has 2 amide bonds. The van der Waals surface area contributed by atoms with Crippen LogP contribution in [0.3, 0.4) is 0 Å². The number of anilines is 1. The summed E-state index contributed by atoms with van der Waals surface area (Å²) >= 11 is 2.25. The van der Waals surface area contributed by atoms with Crippen molar-refractivity contribution in [2.75, 3.05) is 12.0 Å². The average molecular weight is 461 g/mol. The second-order valence-electron chi connectivity index (χ2n) is 7.56. The van der Waals surface area contributed by atoms with E-state index in [1.54, 1.807) is 0 Å². The maximum atomic E-state index is 13.2. The zero-order valence-corrected chi connectivity index (χ0v) is 18.5. The molecule has 10 heteroatoms. The zero-order chi connectivity index (χ0) is 22.3. The van der Waals surface area contributed by atoms with Gasteiger partial charge in [0.25, 0.3) is 0 Å². The Labute approximate surface area is 186 Å². The third kappa shape index (κ3) is 3.85. The number of hydrogen-bond donors (Lipinski definition) is 1. The molecule has 8 nitrogen and oxygen atoms in total. The van der Waals surface area contributed by atoms with E-state index in [1.807, 2.05) is 0 Å². The molecule has 3 heterocycles. The van der Waals surface area contributed by atoms with Crippen LogP contribution in [-0.2, 0) is 27.2 Å². The molecule has 162 valence electrons. The number of imide groups is 1. The fraction of sp³-hybridized carbons (Fsp3) is 0.381. The van der Waals surface area contributed by atoms with Gasteiger partial charge in [-0.25, -0.2) is 19.5 Å². The first kappa shape index (κ1) is 21.5. The smallest absolute Gasteiger partial charge is 0.341 e. The van der Waals surface area contributed by atoms with Gasteiger partial charge in [0.2, 0.25) is 11.8 Å². The van der Waals surface area contributed by atoms with Gasteiger partial charge in [-0.05, 0) is 42.9 Å².